The molecule has 5 heteroatoms. The van der Waals surface area contributed by atoms with Gasteiger partial charge in [0.25, 0.3) is 0 Å². The van der Waals surface area contributed by atoms with Crippen molar-refractivity contribution < 1.29 is 19.4 Å². The predicted molar refractivity (Wildman–Crippen MR) is 120 cm³/mol. The smallest absolute Gasteiger partial charge is 0.306 e. The summed E-state index contributed by atoms with van der Waals surface area (Å²) in [7, 11) is 0. The van der Waals surface area contributed by atoms with Gasteiger partial charge in [-0.25, -0.2) is 0 Å². The fourth-order valence-corrected chi connectivity index (χ4v) is 4.07. The zero-order chi connectivity index (χ0) is 21.6. The number of esters is 1. The van der Waals surface area contributed by atoms with Crippen LogP contribution in [-0.2, 0) is 15.1 Å². The van der Waals surface area contributed by atoms with Crippen LogP contribution in [0, 0.1) is 0 Å². The average molecular weight is 425 g/mol. The minimum absolute atomic E-state index is 0.217. The molecule has 0 aliphatic heterocycles. The first kappa shape index (κ1) is 22.1. The molecule has 0 saturated carbocycles. The highest BCUT2D eigenvalue weighted by atomic mass is 32.1. The average Bonchev–Trinajstić information content (AvgIpc) is 3.26. The third-order valence-electron chi connectivity index (χ3n) is 4.56. The van der Waals surface area contributed by atoms with Gasteiger partial charge in [0, 0.05) is 11.3 Å². The summed E-state index contributed by atoms with van der Waals surface area (Å²) in [5, 5.41) is 13.7. The van der Waals surface area contributed by atoms with E-state index in [9.17, 15) is 9.90 Å². The van der Waals surface area contributed by atoms with Crippen molar-refractivity contribution in [3.63, 3.8) is 0 Å². The van der Waals surface area contributed by atoms with Crippen molar-refractivity contribution >= 4 is 17.3 Å². The molecule has 1 atom stereocenters. The van der Waals surface area contributed by atoms with E-state index < -0.39 is 11.2 Å². The van der Waals surface area contributed by atoms with E-state index in [-0.39, 0.29) is 5.97 Å². The second-order valence-electron chi connectivity index (χ2n) is 8.12. The molecule has 0 amide bonds. The van der Waals surface area contributed by atoms with E-state index in [0.29, 0.717) is 25.2 Å². The minimum atomic E-state index is -1.22. The summed E-state index contributed by atoms with van der Waals surface area (Å²) in [6.45, 7) is 5.99. The molecule has 0 spiro atoms. The summed E-state index contributed by atoms with van der Waals surface area (Å²) in [5.41, 5.74) is -0.0907. The van der Waals surface area contributed by atoms with Gasteiger partial charge in [0.1, 0.15) is 17.0 Å². The van der Waals surface area contributed by atoms with E-state index in [4.69, 9.17) is 9.47 Å². The molecule has 0 aliphatic rings. The number of aliphatic hydroxyl groups is 1. The molecule has 1 N–H and O–H groups in total. The van der Waals surface area contributed by atoms with Gasteiger partial charge in [0.05, 0.1) is 6.61 Å². The maximum atomic E-state index is 11.8. The molecule has 0 radical (unpaired) electrons. The largest absolute Gasteiger partial charge is 0.494 e. The van der Waals surface area contributed by atoms with Crippen molar-refractivity contribution in [2.75, 3.05) is 6.61 Å². The lowest BCUT2D eigenvalue weighted by Crippen LogP contribution is -2.27. The van der Waals surface area contributed by atoms with Crippen molar-refractivity contribution in [3.8, 4) is 5.75 Å². The highest BCUT2D eigenvalue weighted by Gasteiger charge is 2.34. The Morgan fingerprint density at radius 1 is 0.933 bits per heavy atom. The molecule has 158 valence electrons. The van der Waals surface area contributed by atoms with Crippen LogP contribution in [0.4, 0.5) is 0 Å². The van der Waals surface area contributed by atoms with Crippen molar-refractivity contribution in [1.29, 1.82) is 0 Å². The zero-order valence-corrected chi connectivity index (χ0v) is 18.4. The summed E-state index contributed by atoms with van der Waals surface area (Å²) in [6.07, 6.45) is 0.904. The summed E-state index contributed by atoms with van der Waals surface area (Å²) >= 11 is 1.52. The van der Waals surface area contributed by atoms with Gasteiger partial charge in [0.15, 0.2) is 0 Å². The molecule has 30 heavy (non-hydrogen) atoms. The van der Waals surface area contributed by atoms with Crippen LogP contribution >= 0.6 is 11.3 Å². The van der Waals surface area contributed by atoms with Gasteiger partial charge in [-0.15, -0.1) is 11.3 Å². The van der Waals surface area contributed by atoms with Gasteiger partial charge < -0.3 is 14.6 Å². The molecule has 1 heterocycles. The SMILES string of the molecule is CC(C)(C)OC(=O)CCCOc1ccc(C(O)(c2ccccc2)c2cccs2)cc1. The molecule has 1 unspecified atom stereocenters. The van der Waals surface area contributed by atoms with Gasteiger partial charge in [0.2, 0.25) is 0 Å². The third-order valence-corrected chi connectivity index (χ3v) is 5.53. The van der Waals surface area contributed by atoms with Gasteiger partial charge in [-0.3, -0.25) is 4.79 Å². The lowest BCUT2D eigenvalue weighted by Gasteiger charge is -2.28. The summed E-state index contributed by atoms with van der Waals surface area (Å²) in [6, 6.07) is 21.0. The molecule has 0 bridgehead atoms. The van der Waals surface area contributed by atoms with Crippen LogP contribution in [-0.4, -0.2) is 23.3 Å². The predicted octanol–water partition coefficient (Wildman–Crippen LogP) is 5.53. The molecule has 0 fully saturated rings. The Morgan fingerprint density at radius 3 is 2.20 bits per heavy atom. The van der Waals surface area contributed by atoms with E-state index in [1.165, 1.54) is 11.3 Å². The molecular formula is C25H28O4S. The number of benzene rings is 2. The molecule has 3 rings (SSSR count). The van der Waals surface area contributed by atoms with Crippen LogP contribution in [0.25, 0.3) is 0 Å². The Bertz CT molecular complexity index is 928. The number of carbonyl (C=O) groups excluding carboxylic acids is 1. The quantitative estimate of drug-likeness (QED) is 0.381. The number of rotatable bonds is 8. The van der Waals surface area contributed by atoms with Crippen LogP contribution < -0.4 is 4.74 Å². The monoisotopic (exact) mass is 424 g/mol. The van der Waals surface area contributed by atoms with Crippen molar-refractivity contribution in [1.82, 2.24) is 0 Å². The first-order valence-electron chi connectivity index (χ1n) is 10.1. The maximum Gasteiger partial charge on any atom is 0.306 e. The van der Waals surface area contributed by atoms with Gasteiger partial charge in [-0.05, 0) is 61.9 Å². The topological polar surface area (TPSA) is 55.8 Å². The molecule has 0 aliphatic carbocycles. The Morgan fingerprint density at radius 2 is 1.60 bits per heavy atom. The van der Waals surface area contributed by atoms with Gasteiger partial charge in [-0.2, -0.15) is 0 Å². The summed E-state index contributed by atoms with van der Waals surface area (Å²) < 4.78 is 11.1. The van der Waals surface area contributed by atoms with Crippen molar-refractivity contribution in [3.05, 3.63) is 88.1 Å². The zero-order valence-electron chi connectivity index (χ0n) is 17.6. The molecule has 2 aromatic carbocycles. The maximum absolute atomic E-state index is 11.8. The molecule has 3 aromatic rings. The second kappa shape index (κ2) is 9.45. The van der Waals surface area contributed by atoms with Crippen LogP contribution in [0.15, 0.2) is 72.1 Å². The molecular weight excluding hydrogens is 396 g/mol. The van der Waals surface area contributed by atoms with Gasteiger partial charge in [-0.1, -0.05) is 48.5 Å². The van der Waals surface area contributed by atoms with Crippen LogP contribution in [0.5, 0.6) is 5.75 Å². The Hall–Kier alpha value is -2.63. The molecule has 1 aromatic heterocycles. The number of ether oxygens (including phenoxy) is 2. The normalized spacial score (nSPS) is 13.5. The van der Waals surface area contributed by atoms with E-state index in [1.807, 2.05) is 92.9 Å². The van der Waals surface area contributed by atoms with E-state index in [0.717, 1.165) is 16.0 Å². The lowest BCUT2D eigenvalue weighted by atomic mass is 9.85. The molecule has 4 nitrogen and oxygen atoms in total. The number of hydrogen-bond acceptors (Lipinski definition) is 5. The Labute approximate surface area is 182 Å². The second-order valence-corrected chi connectivity index (χ2v) is 9.06. The van der Waals surface area contributed by atoms with Crippen LogP contribution in [0.2, 0.25) is 0 Å². The van der Waals surface area contributed by atoms with Crippen molar-refractivity contribution in [2.24, 2.45) is 0 Å². The van der Waals surface area contributed by atoms with E-state index in [1.54, 1.807) is 0 Å². The van der Waals surface area contributed by atoms with Crippen molar-refractivity contribution in [2.45, 2.75) is 44.8 Å². The fourth-order valence-electron chi connectivity index (χ4n) is 3.21. The minimum Gasteiger partial charge on any atom is -0.494 e. The Kier molecular flexibility index (Phi) is 6.95. The first-order chi connectivity index (χ1) is 14.3. The lowest BCUT2D eigenvalue weighted by molar-refractivity contribution is -0.155. The Balaban J connectivity index is 1.66. The highest BCUT2D eigenvalue weighted by molar-refractivity contribution is 7.10. The molecule has 0 saturated heterocycles. The summed E-state index contributed by atoms with van der Waals surface area (Å²) in [4.78, 5) is 12.6. The van der Waals surface area contributed by atoms with E-state index in [2.05, 4.69) is 0 Å². The number of thiophene rings is 1. The van der Waals surface area contributed by atoms with Gasteiger partial charge >= 0.3 is 5.97 Å². The number of carbonyl (C=O) groups is 1. The third kappa shape index (κ3) is 5.49. The van der Waals surface area contributed by atoms with Crippen LogP contribution in [0.1, 0.15) is 49.6 Å². The van der Waals surface area contributed by atoms with Crippen LogP contribution in [0.3, 0.4) is 0 Å². The highest BCUT2D eigenvalue weighted by Crippen LogP contribution is 2.39. The standard InChI is InChI=1S/C25H28O4S/c1-24(2,3)29-23(26)12-7-17-28-21-15-13-20(14-16-21)25(27,22-11-8-18-30-22)19-9-5-4-6-10-19/h4-6,8-11,13-16,18,27H,7,12,17H2,1-3H3. The number of hydrogen-bond donors (Lipinski definition) is 1. The first-order valence-corrected chi connectivity index (χ1v) is 10.9. The summed E-state index contributed by atoms with van der Waals surface area (Å²) in [5.74, 6) is 0.481. The van der Waals surface area contributed by atoms with E-state index >= 15 is 0 Å². The fraction of sp³-hybridized carbons (Fsp3) is 0.320.